The number of amides is 1. The van der Waals surface area contributed by atoms with Crippen LogP contribution in [0.4, 0.5) is 5.95 Å². The van der Waals surface area contributed by atoms with E-state index in [1.165, 1.54) is 12.4 Å². The number of aromatic nitrogens is 4. The van der Waals surface area contributed by atoms with Crippen molar-refractivity contribution in [2.75, 3.05) is 39.5 Å². The molecule has 0 aromatic carbocycles. The molecule has 0 radical (unpaired) electrons. The van der Waals surface area contributed by atoms with Crippen LogP contribution in [0.15, 0.2) is 18.5 Å². The Balaban J connectivity index is 1.76. The molecular formula is C17H25N7O2. The first-order valence-electron chi connectivity index (χ1n) is 8.66. The number of aliphatic hydroxyl groups excluding tert-OH is 1. The minimum atomic E-state index is -0.643. The molecule has 26 heavy (non-hydrogen) atoms. The number of nitrogens with one attached hydrogen (secondary N) is 1. The van der Waals surface area contributed by atoms with Crippen LogP contribution in [0.2, 0.25) is 0 Å². The minimum Gasteiger partial charge on any atom is -0.385 e. The maximum atomic E-state index is 12.8. The van der Waals surface area contributed by atoms with Crippen molar-refractivity contribution in [1.29, 1.82) is 0 Å². The SMILES string of the molecule is CNc1ncc(C(=O)N2CCCn3nc(C(O)CN(C)C)cc3C2)cn1. The van der Waals surface area contributed by atoms with Crippen molar-refractivity contribution in [2.45, 2.75) is 25.6 Å². The number of hydrogen-bond donors (Lipinski definition) is 2. The molecule has 1 unspecified atom stereocenters. The van der Waals surface area contributed by atoms with Crippen molar-refractivity contribution >= 4 is 11.9 Å². The van der Waals surface area contributed by atoms with Gasteiger partial charge in [0.2, 0.25) is 5.95 Å². The van der Waals surface area contributed by atoms with Crippen molar-refractivity contribution in [3.05, 3.63) is 35.4 Å². The largest absolute Gasteiger partial charge is 0.385 e. The third kappa shape index (κ3) is 4.00. The third-order valence-corrected chi connectivity index (χ3v) is 4.32. The summed E-state index contributed by atoms with van der Waals surface area (Å²) in [4.78, 5) is 24.7. The predicted molar refractivity (Wildman–Crippen MR) is 96.7 cm³/mol. The number of nitrogens with zero attached hydrogens (tertiary/aromatic N) is 6. The van der Waals surface area contributed by atoms with Crippen LogP contribution in [0, 0.1) is 0 Å². The van der Waals surface area contributed by atoms with E-state index in [-0.39, 0.29) is 5.91 Å². The number of anilines is 1. The smallest absolute Gasteiger partial charge is 0.257 e. The molecule has 0 bridgehead atoms. The first-order valence-corrected chi connectivity index (χ1v) is 8.66. The van der Waals surface area contributed by atoms with Gasteiger partial charge in [-0.2, -0.15) is 5.10 Å². The summed E-state index contributed by atoms with van der Waals surface area (Å²) >= 11 is 0. The molecule has 2 aromatic rings. The molecule has 1 amide bonds. The van der Waals surface area contributed by atoms with Crippen LogP contribution in [0.1, 0.15) is 34.3 Å². The number of carbonyl (C=O) groups excluding carboxylic acids is 1. The Bertz CT molecular complexity index is 757. The molecule has 0 spiro atoms. The third-order valence-electron chi connectivity index (χ3n) is 4.32. The van der Waals surface area contributed by atoms with Crippen LogP contribution in [-0.2, 0) is 13.1 Å². The number of aryl methyl sites for hydroxylation is 1. The van der Waals surface area contributed by atoms with Gasteiger partial charge >= 0.3 is 0 Å². The zero-order valence-corrected chi connectivity index (χ0v) is 15.4. The van der Waals surface area contributed by atoms with E-state index < -0.39 is 6.10 Å². The molecule has 3 heterocycles. The van der Waals surface area contributed by atoms with Crippen LogP contribution in [-0.4, -0.2) is 74.8 Å². The molecule has 9 nitrogen and oxygen atoms in total. The summed E-state index contributed by atoms with van der Waals surface area (Å²) in [6, 6.07) is 1.89. The summed E-state index contributed by atoms with van der Waals surface area (Å²) in [6.07, 6.45) is 3.24. The van der Waals surface area contributed by atoms with Gasteiger partial charge in [0.25, 0.3) is 5.91 Å². The summed E-state index contributed by atoms with van der Waals surface area (Å²) < 4.78 is 1.89. The molecule has 1 aliphatic rings. The van der Waals surface area contributed by atoms with Crippen molar-refractivity contribution in [1.82, 2.24) is 29.5 Å². The number of aliphatic hydroxyl groups is 1. The van der Waals surface area contributed by atoms with Gasteiger partial charge in [-0.05, 0) is 26.6 Å². The fourth-order valence-corrected chi connectivity index (χ4v) is 3.01. The van der Waals surface area contributed by atoms with Gasteiger partial charge in [-0.1, -0.05) is 0 Å². The van der Waals surface area contributed by atoms with Crippen LogP contribution in [0.5, 0.6) is 0 Å². The van der Waals surface area contributed by atoms with Gasteiger partial charge in [0, 0.05) is 39.1 Å². The Morgan fingerprint density at radius 1 is 1.35 bits per heavy atom. The molecule has 0 fully saturated rings. The van der Waals surface area contributed by atoms with Gasteiger partial charge in [0.1, 0.15) is 6.10 Å². The highest BCUT2D eigenvalue weighted by Crippen LogP contribution is 2.20. The standard InChI is InChI=1S/C17H25N7O2/c1-18-17-19-8-12(9-20-17)16(26)23-5-4-6-24-13(10-23)7-14(21-24)15(25)11-22(2)3/h7-9,15,25H,4-6,10-11H2,1-3H3,(H,18,19,20). The molecule has 1 atom stereocenters. The first kappa shape index (κ1) is 18.3. The van der Waals surface area contributed by atoms with E-state index in [1.807, 2.05) is 29.7 Å². The Hall–Kier alpha value is -2.52. The van der Waals surface area contributed by atoms with Crippen molar-refractivity contribution in [3.8, 4) is 0 Å². The van der Waals surface area contributed by atoms with Crippen LogP contribution >= 0.6 is 0 Å². The lowest BCUT2D eigenvalue weighted by Crippen LogP contribution is -2.31. The number of carbonyl (C=O) groups is 1. The van der Waals surface area contributed by atoms with Gasteiger partial charge in [0.15, 0.2) is 0 Å². The summed E-state index contributed by atoms with van der Waals surface area (Å²) in [5.41, 5.74) is 2.03. The molecule has 0 saturated carbocycles. The number of hydrogen-bond acceptors (Lipinski definition) is 7. The Kier molecular flexibility index (Phi) is 5.48. The zero-order valence-electron chi connectivity index (χ0n) is 15.4. The summed E-state index contributed by atoms with van der Waals surface area (Å²) in [5.74, 6) is 0.382. The van der Waals surface area contributed by atoms with E-state index >= 15 is 0 Å². The monoisotopic (exact) mass is 359 g/mol. The Morgan fingerprint density at radius 2 is 2.08 bits per heavy atom. The second-order valence-corrected chi connectivity index (χ2v) is 6.69. The van der Waals surface area contributed by atoms with E-state index in [2.05, 4.69) is 20.4 Å². The molecule has 140 valence electrons. The lowest BCUT2D eigenvalue weighted by Gasteiger charge is -2.19. The number of rotatable bonds is 5. The second-order valence-electron chi connectivity index (χ2n) is 6.69. The van der Waals surface area contributed by atoms with Crippen molar-refractivity contribution in [2.24, 2.45) is 0 Å². The Morgan fingerprint density at radius 3 is 2.73 bits per heavy atom. The van der Waals surface area contributed by atoms with E-state index in [1.54, 1.807) is 11.9 Å². The maximum absolute atomic E-state index is 12.8. The fraction of sp³-hybridized carbons (Fsp3) is 0.529. The molecule has 1 aliphatic heterocycles. The summed E-state index contributed by atoms with van der Waals surface area (Å²) in [5, 5.41) is 17.7. The Labute approximate surface area is 152 Å². The lowest BCUT2D eigenvalue weighted by molar-refractivity contribution is 0.0745. The highest BCUT2D eigenvalue weighted by Gasteiger charge is 2.24. The van der Waals surface area contributed by atoms with Gasteiger partial charge in [0.05, 0.1) is 23.5 Å². The molecule has 3 rings (SSSR count). The van der Waals surface area contributed by atoms with Gasteiger partial charge in [-0.3, -0.25) is 9.48 Å². The highest BCUT2D eigenvalue weighted by atomic mass is 16.3. The van der Waals surface area contributed by atoms with Crippen LogP contribution in [0.3, 0.4) is 0 Å². The van der Waals surface area contributed by atoms with Crippen LogP contribution in [0.25, 0.3) is 0 Å². The molecule has 2 N–H and O–H groups in total. The second kappa shape index (κ2) is 7.79. The highest BCUT2D eigenvalue weighted by molar-refractivity contribution is 5.93. The molecule has 0 saturated heterocycles. The molecule has 9 heteroatoms. The quantitative estimate of drug-likeness (QED) is 0.795. The minimum absolute atomic E-state index is 0.0994. The van der Waals surface area contributed by atoms with Gasteiger partial charge < -0.3 is 20.2 Å². The maximum Gasteiger partial charge on any atom is 0.257 e. The molecule has 0 aliphatic carbocycles. The summed E-state index contributed by atoms with van der Waals surface area (Å²) in [7, 11) is 5.55. The van der Waals surface area contributed by atoms with Crippen molar-refractivity contribution < 1.29 is 9.90 Å². The zero-order chi connectivity index (χ0) is 18.7. The topological polar surface area (TPSA) is 99.4 Å². The predicted octanol–water partition coefficient (Wildman–Crippen LogP) is 0.356. The van der Waals surface area contributed by atoms with E-state index in [9.17, 15) is 9.90 Å². The summed E-state index contributed by atoms with van der Waals surface area (Å²) in [6.45, 7) is 2.33. The van der Waals surface area contributed by atoms with E-state index in [0.717, 1.165) is 18.7 Å². The van der Waals surface area contributed by atoms with Gasteiger partial charge in [-0.15, -0.1) is 0 Å². The average Bonchev–Trinajstić information content (AvgIpc) is 2.92. The average molecular weight is 359 g/mol. The molecular weight excluding hydrogens is 334 g/mol. The lowest BCUT2D eigenvalue weighted by atomic mass is 10.2. The van der Waals surface area contributed by atoms with Crippen molar-refractivity contribution in [3.63, 3.8) is 0 Å². The fourth-order valence-electron chi connectivity index (χ4n) is 3.01. The number of fused-ring (bicyclic) bond motifs is 1. The van der Waals surface area contributed by atoms with E-state index in [0.29, 0.717) is 36.8 Å². The van der Waals surface area contributed by atoms with E-state index in [4.69, 9.17) is 0 Å². The first-order chi connectivity index (χ1) is 12.5. The number of likely N-dealkylation sites (N-methyl/N-ethyl adjacent to an activating group) is 1. The van der Waals surface area contributed by atoms with Crippen LogP contribution < -0.4 is 5.32 Å². The molecule has 2 aromatic heterocycles. The van der Waals surface area contributed by atoms with Gasteiger partial charge in [-0.25, -0.2) is 9.97 Å². The normalized spacial score (nSPS) is 15.5.